The van der Waals surface area contributed by atoms with E-state index in [1.54, 1.807) is 0 Å². The first-order chi connectivity index (χ1) is 9.52. The number of nitrogens with zero attached hydrogens (tertiary/aromatic N) is 2. The molecule has 1 N–H and O–H groups in total. The second-order valence-electron chi connectivity index (χ2n) is 6.12. The van der Waals surface area contributed by atoms with Crippen molar-refractivity contribution >= 4 is 11.0 Å². The van der Waals surface area contributed by atoms with E-state index in [4.69, 9.17) is 4.98 Å². The molecule has 3 nitrogen and oxygen atoms in total. The van der Waals surface area contributed by atoms with Gasteiger partial charge in [0.05, 0.1) is 17.1 Å². The number of aryl methyl sites for hydroxylation is 1. The van der Waals surface area contributed by atoms with E-state index in [0.717, 1.165) is 23.8 Å². The molecule has 0 saturated heterocycles. The van der Waals surface area contributed by atoms with Crippen molar-refractivity contribution < 1.29 is 0 Å². The summed E-state index contributed by atoms with van der Waals surface area (Å²) in [5.41, 5.74) is 2.32. The number of hydrogen-bond acceptors (Lipinski definition) is 2. The predicted octanol–water partition coefficient (Wildman–Crippen LogP) is 4.14. The van der Waals surface area contributed by atoms with Crippen LogP contribution in [-0.4, -0.2) is 15.6 Å². The molecule has 0 radical (unpaired) electrons. The zero-order valence-corrected chi connectivity index (χ0v) is 13.4. The van der Waals surface area contributed by atoms with E-state index in [-0.39, 0.29) is 6.04 Å². The highest BCUT2D eigenvalue weighted by Gasteiger charge is 2.17. The van der Waals surface area contributed by atoms with Crippen LogP contribution in [0.1, 0.15) is 52.9 Å². The molecule has 3 heteroatoms. The smallest absolute Gasteiger partial charge is 0.126 e. The summed E-state index contributed by atoms with van der Waals surface area (Å²) in [6, 6.07) is 9.17. The van der Waals surface area contributed by atoms with Crippen LogP contribution >= 0.6 is 0 Å². The quantitative estimate of drug-likeness (QED) is 0.857. The minimum atomic E-state index is 0.274. The first-order valence-corrected chi connectivity index (χ1v) is 7.74. The Hall–Kier alpha value is -1.35. The van der Waals surface area contributed by atoms with Gasteiger partial charge in [-0.25, -0.2) is 4.98 Å². The maximum atomic E-state index is 4.82. The van der Waals surface area contributed by atoms with Crippen molar-refractivity contribution in [3.8, 4) is 0 Å². The summed E-state index contributed by atoms with van der Waals surface area (Å²) in [7, 11) is 0. The molecule has 0 amide bonds. The van der Waals surface area contributed by atoms with E-state index in [0.29, 0.717) is 6.04 Å². The van der Waals surface area contributed by atoms with Gasteiger partial charge in [0.1, 0.15) is 5.82 Å². The number of benzene rings is 1. The van der Waals surface area contributed by atoms with E-state index in [2.05, 4.69) is 68.8 Å². The third-order valence-corrected chi connectivity index (χ3v) is 3.75. The van der Waals surface area contributed by atoms with Crippen LogP contribution in [0.5, 0.6) is 0 Å². The summed E-state index contributed by atoms with van der Waals surface area (Å²) < 4.78 is 2.31. The third-order valence-electron chi connectivity index (χ3n) is 3.75. The number of rotatable bonds is 6. The predicted molar refractivity (Wildman–Crippen MR) is 85.9 cm³/mol. The monoisotopic (exact) mass is 273 g/mol. The summed E-state index contributed by atoms with van der Waals surface area (Å²) in [5.74, 6) is 1.86. The van der Waals surface area contributed by atoms with Crippen molar-refractivity contribution in [2.75, 3.05) is 0 Å². The molecular formula is C17H27N3. The fourth-order valence-corrected chi connectivity index (χ4v) is 3.03. The average Bonchev–Trinajstić information content (AvgIpc) is 2.76. The zero-order chi connectivity index (χ0) is 14.7. The van der Waals surface area contributed by atoms with Gasteiger partial charge in [0.2, 0.25) is 0 Å². The standard InChI is InChI=1S/C17H27N3/c1-6-20-16-10-8-7-9-15(16)19-17(20)14(5)18-13(4)11-12(2)3/h7-10,12-14,18H,6,11H2,1-5H3/t13-,14-/m1/s1. The summed E-state index contributed by atoms with van der Waals surface area (Å²) in [4.78, 5) is 4.82. The number of imidazole rings is 1. The van der Waals surface area contributed by atoms with Crippen LogP contribution in [-0.2, 0) is 6.54 Å². The van der Waals surface area contributed by atoms with Gasteiger partial charge in [0, 0.05) is 12.6 Å². The summed E-state index contributed by atoms with van der Waals surface area (Å²) >= 11 is 0. The molecule has 0 aliphatic heterocycles. The topological polar surface area (TPSA) is 29.9 Å². The molecule has 0 fully saturated rings. The lowest BCUT2D eigenvalue weighted by Gasteiger charge is -2.21. The first-order valence-electron chi connectivity index (χ1n) is 7.74. The Kier molecular flexibility index (Phi) is 4.81. The van der Waals surface area contributed by atoms with Crippen LogP contribution in [0.2, 0.25) is 0 Å². The molecule has 0 aliphatic rings. The van der Waals surface area contributed by atoms with Crippen molar-refractivity contribution in [3.63, 3.8) is 0 Å². The van der Waals surface area contributed by atoms with Gasteiger partial charge < -0.3 is 9.88 Å². The molecular weight excluding hydrogens is 246 g/mol. The average molecular weight is 273 g/mol. The summed E-state index contributed by atoms with van der Waals surface area (Å²) in [6.45, 7) is 12.1. The Balaban J connectivity index is 2.23. The highest BCUT2D eigenvalue weighted by Crippen LogP contribution is 2.21. The first kappa shape index (κ1) is 15.0. The van der Waals surface area contributed by atoms with Crippen LogP contribution < -0.4 is 5.32 Å². The number of hydrogen-bond donors (Lipinski definition) is 1. The molecule has 20 heavy (non-hydrogen) atoms. The fourth-order valence-electron chi connectivity index (χ4n) is 3.03. The maximum Gasteiger partial charge on any atom is 0.126 e. The van der Waals surface area contributed by atoms with Crippen molar-refractivity contribution in [1.29, 1.82) is 0 Å². The van der Waals surface area contributed by atoms with Gasteiger partial charge >= 0.3 is 0 Å². The van der Waals surface area contributed by atoms with Gasteiger partial charge in [-0.05, 0) is 45.2 Å². The number of aromatic nitrogens is 2. The molecule has 0 aliphatic carbocycles. The minimum absolute atomic E-state index is 0.274. The third kappa shape index (κ3) is 3.21. The Labute approximate surface area is 122 Å². The lowest BCUT2D eigenvalue weighted by molar-refractivity contribution is 0.393. The lowest BCUT2D eigenvalue weighted by Crippen LogP contribution is -2.31. The zero-order valence-electron chi connectivity index (χ0n) is 13.4. The number of para-hydroxylation sites is 2. The van der Waals surface area contributed by atoms with Crippen molar-refractivity contribution in [1.82, 2.24) is 14.9 Å². The molecule has 0 spiro atoms. The van der Waals surface area contributed by atoms with E-state index in [9.17, 15) is 0 Å². The highest BCUT2D eigenvalue weighted by atomic mass is 15.1. The van der Waals surface area contributed by atoms with Gasteiger partial charge in [-0.3, -0.25) is 0 Å². The SMILES string of the molecule is CCn1c([C@@H](C)N[C@H](C)CC(C)C)nc2ccccc21. The van der Waals surface area contributed by atoms with Gasteiger partial charge in [0.25, 0.3) is 0 Å². The molecule has 2 rings (SSSR count). The molecule has 0 bridgehead atoms. The summed E-state index contributed by atoms with van der Waals surface area (Å²) in [5, 5.41) is 3.68. The van der Waals surface area contributed by atoms with Crippen molar-refractivity contribution in [2.24, 2.45) is 5.92 Å². The molecule has 2 atom stereocenters. The maximum absolute atomic E-state index is 4.82. The molecule has 0 saturated carbocycles. The van der Waals surface area contributed by atoms with Gasteiger partial charge in [-0.15, -0.1) is 0 Å². The second-order valence-corrected chi connectivity index (χ2v) is 6.12. The Morgan fingerprint density at radius 2 is 1.85 bits per heavy atom. The van der Waals surface area contributed by atoms with Gasteiger partial charge in [0.15, 0.2) is 0 Å². The second kappa shape index (κ2) is 6.40. The van der Waals surface area contributed by atoms with Crippen LogP contribution in [0, 0.1) is 5.92 Å². The van der Waals surface area contributed by atoms with Crippen molar-refractivity contribution in [2.45, 2.75) is 59.7 Å². The Bertz CT molecular complexity index is 556. The molecule has 0 unspecified atom stereocenters. The molecule has 1 aromatic heterocycles. The van der Waals surface area contributed by atoms with E-state index < -0.39 is 0 Å². The summed E-state index contributed by atoms with van der Waals surface area (Å²) in [6.07, 6.45) is 1.19. The molecule has 1 aromatic carbocycles. The molecule has 2 aromatic rings. The van der Waals surface area contributed by atoms with Crippen LogP contribution in [0.25, 0.3) is 11.0 Å². The Morgan fingerprint density at radius 1 is 1.15 bits per heavy atom. The molecule has 1 heterocycles. The largest absolute Gasteiger partial charge is 0.327 e. The van der Waals surface area contributed by atoms with Crippen LogP contribution in [0.3, 0.4) is 0 Å². The highest BCUT2D eigenvalue weighted by molar-refractivity contribution is 5.76. The Morgan fingerprint density at radius 3 is 2.50 bits per heavy atom. The van der Waals surface area contributed by atoms with E-state index in [1.165, 1.54) is 11.9 Å². The molecule has 110 valence electrons. The van der Waals surface area contributed by atoms with Crippen LogP contribution in [0.4, 0.5) is 0 Å². The van der Waals surface area contributed by atoms with Gasteiger partial charge in [-0.1, -0.05) is 26.0 Å². The number of fused-ring (bicyclic) bond motifs is 1. The van der Waals surface area contributed by atoms with Gasteiger partial charge in [-0.2, -0.15) is 0 Å². The van der Waals surface area contributed by atoms with E-state index in [1.807, 2.05) is 0 Å². The fraction of sp³-hybridized carbons (Fsp3) is 0.588. The minimum Gasteiger partial charge on any atom is -0.327 e. The van der Waals surface area contributed by atoms with E-state index >= 15 is 0 Å². The van der Waals surface area contributed by atoms with Crippen LogP contribution in [0.15, 0.2) is 24.3 Å². The number of nitrogens with one attached hydrogen (secondary N) is 1. The normalized spacial score (nSPS) is 14.9. The lowest BCUT2D eigenvalue weighted by atomic mass is 10.0. The van der Waals surface area contributed by atoms with Crippen molar-refractivity contribution in [3.05, 3.63) is 30.1 Å².